The van der Waals surface area contributed by atoms with Crippen molar-refractivity contribution in [2.75, 3.05) is 14.2 Å². The van der Waals surface area contributed by atoms with Crippen LogP contribution < -0.4 is 14.8 Å². The van der Waals surface area contributed by atoms with Crippen molar-refractivity contribution >= 4 is 5.91 Å². The number of ether oxygens (including phenoxy) is 2. The van der Waals surface area contributed by atoms with Crippen molar-refractivity contribution in [3.8, 4) is 11.5 Å². The minimum atomic E-state index is -0.0283. The number of benzene rings is 1. The highest BCUT2D eigenvalue weighted by Crippen LogP contribution is 2.37. The largest absolute Gasteiger partial charge is 0.493 e. The molecule has 1 aliphatic heterocycles. The minimum Gasteiger partial charge on any atom is -0.493 e. The maximum atomic E-state index is 11.8. The van der Waals surface area contributed by atoms with Crippen LogP contribution >= 0.6 is 0 Å². The Kier molecular flexibility index (Phi) is 3.22. The van der Waals surface area contributed by atoms with Crippen LogP contribution in [0.4, 0.5) is 0 Å². The van der Waals surface area contributed by atoms with Crippen LogP contribution in [0.2, 0.25) is 0 Å². The number of hydrogen-bond acceptors (Lipinski definition) is 3. The summed E-state index contributed by atoms with van der Waals surface area (Å²) in [5.74, 6) is 1.24. The molecule has 1 N–H and O–H groups in total. The molecule has 17 heavy (non-hydrogen) atoms. The molecule has 1 heterocycles. The van der Waals surface area contributed by atoms with Gasteiger partial charge >= 0.3 is 0 Å². The molecule has 0 spiro atoms. The molecule has 92 valence electrons. The van der Waals surface area contributed by atoms with Crippen LogP contribution in [-0.2, 0) is 0 Å². The number of hydrogen-bond donors (Lipinski definition) is 1. The minimum absolute atomic E-state index is 0.0283. The van der Waals surface area contributed by atoms with E-state index in [1.54, 1.807) is 20.3 Å². The number of carbonyl (C=O) groups excluding carboxylic acids is 1. The van der Waals surface area contributed by atoms with Crippen molar-refractivity contribution in [2.24, 2.45) is 0 Å². The second-order valence-corrected chi connectivity index (χ2v) is 4.11. The zero-order valence-corrected chi connectivity index (χ0v) is 10.4. The molecule has 1 aromatic carbocycles. The highest BCUT2D eigenvalue weighted by Gasteiger charge is 2.29. The Morgan fingerprint density at radius 3 is 2.47 bits per heavy atom. The first kappa shape index (κ1) is 11.8. The molecule has 1 aliphatic rings. The highest BCUT2D eigenvalue weighted by atomic mass is 16.5. The summed E-state index contributed by atoms with van der Waals surface area (Å²) in [7, 11) is 3.17. The summed E-state index contributed by atoms with van der Waals surface area (Å²) in [5, 5.41) is 2.97. The molecular weight excluding hydrogens is 218 g/mol. The van der Waals surface area contributed by atoms with Crippen molar-refractivity contribution < 1.29 is 14.3 Å². The van der Waals surface area contributed by atoms with E-state index in [0.717, 1.165) is 18.4 Å². The van der Waals surface area contributed by atoms with Crippen LogP contribution in [0.25, 0.3) is 0 Å². The molecule has 0 fully saturated rings. The van der Waals surface area contributed by atoms with E-state index in [1.165, 1.54) is 0 Å². The van der Waals surface area contributed by atoms with Gasteiger partial charge in [-0.3, -0.25) is 4.79 Å². The normalized spacial score (nSPS) is 17.6. The molecular formula is C13H17NO3. The Labute approximate surface area is 101 Å². The molecule has 0 aromatic heterocycles. The van der Waals surface area contributed by atoms with Gasteiger partial charge in [0.15, 0.2) is 11.5 Å². The van der Waals surface area contributed by atoms with Crippen molar-refractivity contribution in [1.29, 1.82) is 0 Å². The summed E-state index contributed by atoms with van der Waals surface area (Å²) in [6.45, 7) is 2.10. The second kappa shape index (κ2) is 4.65. The Morgan fingerprint density at radius 2 is 1.88 bits per heavy atom. The molecule has 4 heteroatoms. The molecule has 1 unspecified atom stereocenters. The third kappa shape index (κ3) is 1.95. The number of rotatable bonds is 4. The fraction of sp³-hybridized carbons (Fsp3) is 0.462. The average Bonchev–Trinajstić information content (AvgIpc) is 2.65. The van der Waals surface area contributed by atoms with Gasteiger partial charge < -0.3 is 14.8 Å². The van der Waals surface area contributed by atoms with E-state index >= 15 is 0 Å². The van der Waals surface area contributed by atoms with E-state index in [0.29, 0.717) is 17.1 Å². The van der Waals surface area contributed by atoms with E-state index < -0.39 is 0 Å². The lowest BCUT2D eigenvalue weighted by atomic mass is 10.0. The standard InChI is InChI=1S/C13H17NO3/c1-4-5-10-8-6-11(16-2)12(17-3)7-9(8)13(15)14-10/h6-7,10H,4-5H2,1-3H3,(H,14,15). The van der Waals surface area contributed by atoms with E-state index in [-0.39, 0.29) is 11.9 Å². The van der Waals surface area contributed by atoms with Gasteiger partial charge in [0.1, 0.15) is 0 Å². The van der Waals surface area contributed by atoms with Crippen molar-refractivity contribution in [3.63, 3.8) is 0 Å². The smallest absolute Gasteiger partial charge is 0.252 e. The van der Waals surface area contributed by atoms with Gasteiger partial charge in [-0.2, -0.15) is 0 Å². The van der Waals surface area contributed by atoms with Crippen molar-refractivity contribution in [3.05, 3.63) is 23.3 Å². The van der Waals surface area contributed by atoms with E-state index in [2.05, 4.69) is 12.2 Å². The summed E-state index contributed by atoms with van der Waals surface area (Å²) >= 11 is 0. The fourth-order valence-electron chi connectivity index (χ4n) is 2.21. The lowest BCUT2D eigenvalue weighted by Crippen LogP contribution is -2.18. The lowest BCUT2D eigenvalue weighted by Gasteiger charge is -2.12. The Balaban J connectivity index is 2.47. The van der Waals surface area contributed by atoms with Crippen LogP contribution in [0.5, 0.6) is 11.5 Å². The van der Waals surface area contributed by atoms with Crippen molar-refractivity contribution in [2.45, 2.75) is 25.8 Å². The Bertz CT molecular complexity index is 443. The molecule has 0 saturated heterocycles. The summed E-state index contributed by atoms with van der Waals surface area (Å²) in [6, 6.07) is 3.74. The van der Waals surface area contributed by atoms with E-state index in [9.17, 15) is 4.79 Å². The number of fused-ring (bicyclic) bond motifs is 1. The first-order valence-electron chi connectivity index (χ1n) is 5.78. The summed E-state index contributed by atoms with van der Waals surface area (Å²) in [5.41, 5.74) is 1.70. The first-order chi connectivity index (χ1) is 8.21. The van der Waals surface area contributed by atoms with Crippen molar-refractivity contribution in [1.82, 2.24) is 5.32 Å². The summed E-state index contributed by atoms with van der Waals surface area (Å²) in [6.07, 6.45) is 1.97. The molecule has 4 nitrogen and oxygen atoms in total. The summed E-state index contributed by atoms with van der Waals surface area (Å²) in [4.78, 5) is 11.8. The van der Waals surface area contributed by atoms with Gasteiger partial charge in [-0.25, -0.2) is 0 Å². The van der Waals surface area contributed by atoms with Gasteiger partial charge in [0.25, 0.3) is 5.91 Å². The lowest BCUT2D eigenvalue weighted by molar-refractivity contribution is 0.0954. The van der Waals surface area contributed by atoms with Gasteiger partial charge in [-0.1, -0.05) is 13.3 Å². The zero-order valence-electron chi connectivity index (χ0n) is 10.4. The van der Waals surface area contributed by atoms with Crippen LogP contribution in [0.3, 0.4) is 0 Å². The van der Waals surface area contributed by atoms with Crippen LogP contribution in [0.1, 0.15) is 41.7 Å². The molecule has 0 saturated carbocycles. The average molecular weight is 235 g/mol. The van der Waals surface area contributed by atoms with Gasteiger partial charge in [0, 0.05) is 5.56 Å². The zero-order chi connectivity index (χ0) is 12.4. The predicted molar refractivity (Wildman–Crippen MR) is 64.7 cm³/mol. The van der Waals surface area contributed by atoms with Gasteiger partial charge in [-0.05, 0) is 24.1 Å². The number of nitrogens with one attached hydrogen (secondary N) is 1. The second-order valence-electron chi connectivity index (χ2n) is 4.11. The molecule has 1 aromatic rings. The maximum absolute atomic E-state index is 11.8. The molecule has 2 rings (SSSR count). The van der Waals surface area contributed by atoms with E-state index in [4.69, 9.17) is 9.47 Å². The number of amides is 1. The van der Waals surface area contributed by atoms with Gasteiger partial charge in [-0.15, -0.1) is 0 Å². The van der Waals surface area contributed by atoms with Crippen LogP contribution in [0.15, 0.2) is 12.1 Å². The molecule has 1 amide bonds. The van der Waals surface area contributed by atoms with Crippen LogP contribution in [0, 0.1) is 0 Å². The number of methoxy groups -OCH3 is 2. The number of carbonyl (C=O) groups is 1. The Hall–Kier alpha value is -1.71. The molecule has 1 atom stereocenters. The third-order valence-electron chi connectivity index (χ3n) is 3.06. The monoisotopic (exact) mass is 235 g/mol. The predicted octanol–water partition coefficient (Wildman–Crippen LogP) is 2.29. The maximum Gasteiger partial charge on any atom is 0.252 e. The third-order valence-corrected chi connectivity index (χ3v) is 3.06. The van der Waals surface area contributed by atoms with E-state index in [1.807, 2.05) is 6.07 Å². The van der Waals surface area contributed by atoms with Gasteiger partial charge in [0.05, 0.1) is 20.3 Å². The molecule has 0 bridgehead atoms. The highest BCUT2D eigenvalue weighted by molar-refractivity contribution is 5.99. The fourth-order valence-corrected chi connectivity index (χ4v) is 2.21. The molecule has 0 aliphatic carbocycles. The molecule has 0 radical (unpaired) electrons. The van der Waals surface area contributed by atoms with Gasteiger partial charge in [0.2, 0.25) is 0 Å². The SMILES string of the molecule is CCCC1NC(=O)c2cc(OC)c(OC)cc21. The topological polar surface area (TPSA) is 47.6 Å². The first-order valence-corrected chi connectivity index (χ1v) is 5.78. The van der Waals surface area contributed by atoms with Crippen LogP contribution in [-0.4, -0.2) is 20.1 Å². The summed E-state index contributed by atoms with van der Waals surface area (Å²) < 4.78 is 10.5. The quantitative estimate of drug-likeness (QED) is 0.871. The Morgan fingerprint density at radius 1 is 1.24 bits per heavy atom.